The average Bonchev–Trinajstić information content (AvgIpc) is 2.57. The maximum atomic E-state index is 11.4. The van der Waals surface area contributed by atoms with E-state index in [1.165, 1.54) is 10.0 Å². The van der Waals surface area contributed by atoms with Gasteiger partial charge in [-0.1, -0.05) is 36.4 Å². The highest BCUT2D eigenvalue weighted by atomic mass is 16.3. The van der Waals surface area contributed by atoms with Gasteiger partial charge < -0.3 is 0 Å². The number of nitroso groups, excluding NO2 is 2. The zero-order valence-corrected chi connectivity index (χ0v) is 12.2. The Morgan fingerprint density at radius 2 is 1.73 bits per heavy atom. The number of para-hydroxylation sites is 2. The molecule has 0 spiro atoms. The summed E-state index contributed by atoms with van der Waals surface area (Å²) in [5.41, 5.74) is 2.34. The van der Waals surface area contributed by atoms with Crippen LogP contribution in [0.4, 0.5) is 11.4 Å². The first-order valence-electron chi connectivity index (χ1n) is 7.15. The van der Waals surface area contributed by atoms with Crippen molar-refractivity contribution in [3.05, 3.63) is 70.0 Å². The van der Waals surface area contributed by atoms with Gasteiger partial charge in [0.25, 0.3) is 0 Å². The van der Waals surface area contributed by atoms with Gasteiger partial charge in [-0.15, -0.1) is 9.81 Å². The molecule has 2 aromatic carbocycles. The van der Waals surface area contributed by atoms with Crippen molar-refractivity contribution in [1.29, 1.82) is 0 Å². The van der Waals surface area contributed by atoms with Crippen LogP contribution in [0.1, 0.15) is 24.9 Å². The Hall–Kier alpha value is -2.76. The maximum absolute atomic E-state index is 11.4. The third-order valence-corrected chi connectivity index (χ3v) is 4.02. The van der Waals surface area contributed by atoms with Crippen LogP contribution in [0.25, 0.3) is 0 Å². The molecule has 0 N–H and O–H groups in total. The summed E-state index contributed by atoms with van der Waals surface area (Å²) in [6.45, 7) is 1.91. The fraction of sp³-hybridized carbons (Fsp3) is 0.250. The van der Waals surface area contributed by atoms with Gasteiger partial charge in [-0.2, -0.15) is 0 Å². The smallest absolute Gasteiger partial charge is 0.0848 e. The van der Waals surface area contributed by atoms with Crippen molar-refractivity contribution in [1.82, 2.24) is 0 Å². The topological polar surface area (TPSA) is 65.3 Å². The molecule has 0 aromatic heterocycles. The lowest BCUT2D eigenvalue weighted by atomic mass is 9.92. The minimum Gasteiger partial charge on any atom is -0.226 e. The molecule has 0 amide bonds. The first-order chi connectivity index (χ1) is 10.8. The summed E-state index contributed by atoms with van der Waals surface area (Å²) in [5, 5.41) is 9.27. The standard InChI is InChI=1S/C16H16N4O2/c1-12-11-16(20(18-22)13-7-3-2-4-8-13)14-9-5-6-10-15(14)19(12)17-21/h2-10,12,16H,11H2,1H3/t12-,16-/m0/s1. The second-order valence-electron chi connectivity index (χ2n) is 5.35. The molecule has 0 radical (unpaired) electrons. The van der Waals surface area contributed by atoms with Gasteiger partial charge >= 0.3 is 0 Å². The molecule has 1 aliphatic rings. The van der Waals surface area contributed by atoms with Crippen molar-refractivity contribution in [2.24, 2.45) is 10.6 Å². The van der Waals surface area contributed by atoms with Crippen molar-refractivity contribution in [2.45, 2.75) is 25.4 Å². The molecule has 2 atom stereocenters. The number of benzene rings is 2. The molecule has 0 aliphatic carbocycles. The largest absolute Gasteiger partial charge is 0.226 e. The lowest BCUT2D eigenvalue weighted by Gasteiger charge is -2.38. The fourth-order valence-electron chi connectivity index (χ4n) is 2.99. The van der Waals surface area contributed by atoms with Crippen LogP contribution in [-0.4, -0.2) is 6.04 Å². The number of anilines is 2. The van der Waals surface area contributed by atoms with Gasteiger partial charge in [-0.3, -0.25) is 0 Å². The van der Waals surface area contributed by atoms with Crippen LogP contribution in [0.2, 0.25) is 0 Å². The Labute approximate surface area is 128 Å². The van der Waals surface area contributed by atoms with Crippen molar-refractivity contribution >= 4 is 11.4 Å². The van der Waals surface area contributed by atoms with E-state index in [-0.39, 0.29) is 12.1 Å². The molecule has 0 saturated carbocycles. The van der Waals surface area contributed by atoms with Gasteiger partial charge in [-0.05, 0) is 31.5 Å². The maximum Gasteiger partial charge on any atom is 0.0848 e. The second-order valence-corrected chi connectivity index (χ2v) is 5.35. The molecular weight excluding hydrogens is 280 g/mol. The van der Waals surface area contributed by atoms with Crippen molar-refractivity contribution < 1.29 is 0 Å². The number of fused-ring (bicyclic) bond motifs is 1. The highest BCUT2D eigenvalue weighted by Crippen LogP contribution is 2.42. The van der Waals surface area contributed by atoms with E-state index < -0.39 is 0 Å². The van der Waals surface area contributed by atoms with Crippen molar-refractivity contribution in [3.63, 3.8) is 0 Å². The van der Waals surface area contributed by atoms with Gasteiger partial charge in [0.2, 0.25) is 0 Å². The van der Waals surface area contributed by atoms with E-state index in [1.807, 2.05) is 61.5 Å². The average molecular weight is 296 g/mol. The lowest BCUT2D eigenvalue weighted by molar-refractivity contribution is 0.476. The molecule has 1 heterocycles. The third kappa shape index (κ3) is 2.32. The van der Waals surface area contributed by atoms with E-state index in [0.29, 0.717) is 6.42 Å². The minimum absolute atomic E-state index is 0.106. The highest BCUT2D eigenvalue weighted by molar-refractivity contribution is 5.60. The number of rotatable bonds is 4. The quantitative estimate of drug-likeness (QED) is 0.626. The van der Waals surface area contributed by atoms with Crippen molar-refractivity contribution in [3.8, 4) is 0 Å². The van der Waals surface area contributed by atoms with Crippen LogP contribution >= 0.6 is 0 Å². The van der Waals surface area contributed by atoms with Crippen molar-refractivity contribution in [2.75, 3.05) is 10.0 Å². The van der Waals surface area contributed by atoms with E-state index in [2.05, 4.69) is 10.6 Å². The number of hydrogen-bond donors (Lipinski definition) is 0. The third-order valence-electron chi connectivity index (χ3n) is 4.02. The van der Waals surface area contributed by atoms with E-state index in [4.69, 9.17) is 0 Å². The van der Waals surface area contributed by atoms with Crippen LogP contribution in [0.15, 0.2) is 65.2 Å². The van der Waals surface area contributed by atoms with Crippen LogP contribution in [0, 0.1) is 9.81 Å². The second kappa shape index (κ2) is 5.93. The monoisotopic (exact) mass is 296 g/mol. The zero-order valence-electron chi connectivity index (χ0n) is 12.2. The Morgan fingerprint density at radius 3 is 2.41 bits per heavy atom. The molecule has 0 unspecified atom stereocenters. The normalized spacial score (nSPS) is 20.1. The highest BCUT2D eigenvalue weighted by Gasteiger charge is 2.35. The molecule has 3 rings (SSSR count). The summed E-state index contributed by atoms with van der Waals surface area (Å²) in [6, 6.07) is 16.5. The summed E-state index contributed by atoms with van der Waals surface area (Å²) >= 11 is 0. The van der Waals surface area contributed by atoms with Gasteiger partial charge in [0, 0.05) is 5.56 Å². The summed E-state index contributed by atoms with van der Waals surface area (Å²) in [7, 11) is 0. The Kier molecular flexibility index (Phi) is 3.82. The summed E-state index contributed by atoms with van der Waals surface area (Å²) in [4.78, 5) is 22.6. The van der Waals surface area contributed by atoms with Gasteiger partial charge in [-0.25, -0.2) is 10.0 Å². The molecule has 112 valence electrons. The minimum atomic E-state index is -0.218. The van der Waals surface area contributed by atoms with E-state index in [0.717, 1.165) is 16.9 Å². The fourth-order valence-corrected chi connectivity index (χ4v) is 2.99. The predicted molar refractivity (Wildman–Crippen MR) is 86.3 cm³/mol. The number of nitrogens with zero attached hydrogens (tertiary/aromatic N) is 4. The van der Waals surface area contributed by atoms with E-state index in [1.54, 1.807) is 0 Å². The number of hydrogen-bond acceptors (Lipinski definition) is 4. The van der Waals surface area contributed by atoms with Gasteiger partial charge in [0.05, 0.1) is 34.0 Å². The zero-order chi connectivity index (χ0) is 15.5. The van der Waals surface area contributed by atoms with Gasteiger partial charge in [0.1, 0.15) is 0 Å². The molecule has 6 nitrogen and oxygen atoms in total. The summed E-state index contributed by atoms with van der Waals surface area (Å²) in [6.07, 6.45) is 0.587. The Morgan fingerprint density at radius 1 is 1.05 bits per heavy atom. The van der Waals surface area contributed by atoms with E-state index >= 15 is 0 Å². The van der Waals surface area contributed by atoms with Crippen LogP contribution in [0.3, 0.4) is 0 Å². The predicted octanol–water partition coefficient (Wildman–Crippen LogP) is 4.20. The molecule has 2 aromatic rings. The molecule has 6 heteroatoms. The Balaban J connectivity index is 2.07. The molecular formula is C16H16N4O2. The lowest BCUT2D eigenvalue weighted by Crippen LogP contribution is -2.39. The van der Waals surface area contributed by atoms with Crippen LogP contribution < -0.4 is 10.0 Å². The van der Waals surface area contributed by atoms with Gasteiger partial charge in [0.15, 0.2) is 0 Å². The summed E-state index contributed by atoms with van der Waals surface area (Å²) < 4.78 is 0. The molecule has 0 bridgehead atoms. The molecule has 0 saturated heterocycles. The van der Waals surface area contributed by atoms with Crippen LogP contribution in [-0.2, 0) is 0 Å². The SMILES string of the molecule is C[C@H]1C[C@H](N(N=O)c2ccccc2)c2ccccc2N1N=O. The summed E-state index contributed by atoms with van der Waals surface area (Å²) in [5.74, 6) is 0. The Bertz CT molecular complexity index is 677. The first kappa shape index (κ1) is 14.2. The molecule has 0 fully saturated rings. The molecule has 22 heavy (non-hydrogen) atoms. The van der Waals surface area contributed by atoms with E-state index in [9.17, 15) is 9.81 Å². The van der Waals surface area contributed by atoms with Crippen LogP contribution in [0.5, 0.6) is 0 Å². The molecule has 1 aliphatic heterocycles. The first-order valence-corrected chi connectivity index (χ1v) is 7.15.